The van der Waals surface area contributed by atoms with Gasteiger partial charge in [-0.25, -0.2) is 8.42 Å². The van der Waals surface area contributed by atoms with Crippen molar-refractivity contribution in [2.75, 3.05) is 6.54 Å². The molecule has 0 aromatic heterocycles. The normalized spacial score (nSPS) is 13.4. The third-order valence-electron chi connectivity index (χ3n) is 2.58. The van der Waals surface area contributed by atoms with Crippen molar-refractivity contribution < 1.29 is 36.3 Å². The number of alkyl halides is 3. The maximum atomic E-state index is 12.0. The summed E-state index contributed by atoms with van der Waals surface area (Å²) in [6.45, 7) is -0.387. The van der Waals surface area contributed by atoms with Crippen LogP contribution < -0.4 is 10.0 Å². The number of carbonyl (C=O) groups excluding carboxylic acids is 1. The highest BCUT2D eigenvalue weighted by molar-refractivity contribution is 7.89. The number of nitrogens with one attached hydrogen (secondary N) is 2. The van der Waals surface area contributed by atoms with Crippen LogP contribution in [0.3, 0.4) is 0 Å². The van der Waals surface area contributed by atoms with E-state index in [0.717, 1.165) is 31.2 Å². The molecule has 0 aliphatic carbocycles. The molecule has 128 valence electrons. The highest BCUT2D eigenvalue weighted by atomic mass is 32.2. The van der Waals surface area contributed by atoms with Crippen LogP contribution in [0.2, 0.25) is 0 Å². The number of aliphatic carboxylic acids is 1. The van der Waals surface area contributed by atoms with E-state index in [1.165, 1.54) is 0 Å². The van der Waals surface area contributed by atoms with E-state index >= 15 is 0 Å². The van der Waals surface area contributed by atoms with Gasteiger partial charge in [-0.2, -0.15) is 17.9 Å². The summed E-state index contributed by atoms with van der Waals surface area (Å²) in [4.78, 5) is 21.8. The molecule has 1 aromatic carbocycles. The van der Waals surface area contributed by atoms with Gasteiger partial charge in [0.15, 0.2) is 0 Å². The second kappa shape index (κ2) is 6.96. The van der Waals surface area contributed by atoms with Gasteiger partial charge in [0.25, 0.3) is 5.91 Å². The van der Waals surface area contributed by atoms with E-state index in [1.807, 2.05) is 4.72 Å². The zero-order chi connectivity index (χ0) is 17.8. The Kier molecular flexibility index (Phi) is 5.72. The van der Waals surface area contributed by atoms with E-state index in [0.29, 0.717) is 0 Å². The Morgan fingerprint density at radius 2 is 1.74 bits per heavy atom. The third kappa shape index (κ3) is 5.87. The predicted octanol–water partition coefficient (Wildman–Crippen LogP) is 0.730. The number of carboxylic acid groups (broad SMARTS) is 1. The molecule has 0 radical (unpaired) electrons. The summed E-state index contributed by atoms with van der Waals surface area (Å²) >= 11 is 0. The van der Waals surface area contributed by atoms with Crippen LogP contribution in [0.15, 0.2) is 29.2 Å². The van der Waals surface area contributed by atoms with Gasteiger partial charge in [-0.3, -0.25) is 9.59 Å². The van der Waals surface area contributed by atoms with Crippen molar-refractivity contribution in [3.8, 4) is 0 Å². The minimum absolute atomic E-state index is 0.167. The lowest BCUT2D eigenvalue weighted by Crippen LogP contribution is -2.38. The van der Waals surface area contributed by atoms with Crippen molar-refractivity contribution in [2.24, 2.45) is 0 Å². The zero-order valence-electron chi connectivity index (χ0n) is 11.7. The lowest BCUT2D eigenvalue weighted by atomic mass is 10.2. The topological polar surface area (TPSA) is 113 Å². The molecular weight excluding hydrogens is 341 g/mol. The Bertz CT molecular complexity index is 686. The van der Waals surface area contributed by atoms with Crippen LogP contribution >= 0.6 is 0 Å². The Morgan fingerprint density at radius 3 is 2.17 bits per heavy atom. The van der Waals surface area contributed by atoms with Crippen LogP contribution in [0.5, 0.6) is 0 Å². The molecule has 0 heterocycles. The molecule has 1 amide bonds. The molecule has 1 atom stereocenters. The van der Waals surface area contributed by atoms with Crippen molar-refractivity contribution in [3.63, 3.8) is 0 Å². The first-order valence-corrected chi connectivity index (χ1v) is 7.61. The molecule has 0 saturated heterocycles. The fourth-order valence-corrected chi connectivity index (χ4v) is 2.62. The first-order chi connectivity index (χ1) is 10.4. The van der Waals surface area contributed by atoms with Crippen LogP contribution in [0.4, 0.5) is 13.2 Å². The van der Waals surface area contributed by atoms with Crippen LogP contribution in [0.1, 0.15) is 17.3 Å². The SMILES string of the molecule is CC(NS(=O)(=O)c1ccc(C(=O)NCC(F)(F)F)cc1)C(=O)O. The average molecular weight is 354 g/mol. The van der Waals surface area contributed by atoms with Crippen LogP contribution in [-0.4, -0.2) is 44.2 Å². The van der Waals surface area contributed by atoms with Gasteiger partial charge >= 0.3 is 12.1 Å². The molecule has 0 aliphatic heterocycles. The molecule has 1 aromatic rings. The third-order valence-corrected chi connectivity index (χ3v) is 4.14. The monoisotopic (exact) mass is 354 g/mol. The lowest BCUT2D eigenvalue weighted by molar-refractivity contribution is -0.138. The first-order valence-electron chi connectivity index (χ1n) is 6.12. The van der Waals surface area contributed by atoms with Gasteiger partial charge < -0.3 is 10.4 Å². The maximum absolute atomic E-state index is 12.0. The molecule has 0 saturated carbocycles. The highest BCUT2D eigenvalue weighted by Gasteiger charge is 2.28. The summed E-state index contributed by atoms with van der Waals surface area (Å²) in [5, 5.41) is 10.3. The molecule has 0 bridgehead atoms. The maximum Gasteiger partial charge on any atom is 0.405 e. The molecule has 0 fully saturated rings. The minimum Gasteiger partial charge on any atom is -0.480 e. The van der Waals surface area contributed by atoms with Crippen molar-refractivity contribution >= 4 is 21.9 Å². The number of rotatable bonds is 6. The zero-order valence-corrected chi connectivity index (χ0v) is 12.5. The lowest BCUT2D eigenvalue weighted by Gasteiger charge is -2.11. The van der Waals surface area contributed by atoms with Crippen molar-refractivity contribution in [1.82, 2.24) is 10.0 Å². The van der Waals surface area contributed by atoms with Crippen LogP contribution in [-0.2, 0) is 14.8 Å². The summed E-state index contributed by atoms with van der Waals surface area (Å²) in [5.74, 6) is -2.39. The predicted molar refractivity (Wildman–Crippen MR) is 72.2 cm³/mol. The van der Waals surface area contributed by atoms with Crippen molar-refractivity contribution in [1.29, 1.82) is 0 Å². The van der Waals surface area contributed by atoms with E-state index in [-0.39, 0.29) is 10.5 Å². The quantitative estimate of drug-likeness (QED) is 0.697. The Morgan fingerprint density at radius 1 is 1.22 bits per heavy atom. The second-order valence-electron chi connectivity index (χ2n) is 4.50. The van der Waals surface area contributed by atoms with E-state index in [9.17, 15) is 31.2 Å². The number of sulfonamides is 1. The standard InChI is InChI=1S/C12H13F3N2O5S/c1-7(11(19)20)17-23(21,22)9-4-2-8(3-5-9)10(18)16-6-12(13,14)15/h2-5,7,17H,6H2,1H3,(H,16,18)(H,19,20). The van der Waals surface area contributed by atoms with Gasteiger partial charge in [0.05, 0.1) is 4.90 Å². The fourth-order valence-electron chi connectivity index (χ4n) is 1.42. The number of benzene rings is 1. The smallest absolute Gasteiger partial charge is 0.405 e. The van der Waals surface area contributed by atoms with Gasteiger partial charge in [0.1, 0.15) is 12.6 Å². The molecule has 0 spiro atoms. The Balaban J connectivity index is 2.84. The Labute approximate surface area is 129 Å². The number of carbonyl (C=O) groups is 2. The molecule has 3 N–H and O–H groups in total. The highest BCUT2D eigenvalue weighted by Crippen LogP contribution is 2.14. The second-order valence-corrected chi connectivity index (χ2v) is 6.22. The summed E-state index contributed by atoms with van der Waals surface area (Å²) in [6.07, 6.45) is -4.56. The van der Waals surface area contributed by atoms with Gasteiger partial charge in [-0.15, -0.1) is 0 Å². The van der Waals surface area contributed by atoms with E-state index < -0.39 is 40.7 Å². The van der Waals surface area contributed by atoms with Crippen molar-refractivity contribution in [2.45, 2.75) is 24.0 Å². The fraction of sp³-hybridized carbons (Fsp3) is 0.333. The molecule has 23 heavy (non-hydrogen) atoms. The average Bonchev–Trinajstić information content (AvgIpc) is 2.43. The number of hydrogen-bond donors (Lipinski definition) is 3. The van der Waals surface area contributed by atoms with E-state index in [1.54, 1.807) is 5.32 Å². The molecule has 7 nitrogen and oxygen atoms in total. The number of carboxylic acids is 1. The van der Waals surface area contributed by atoms with E-state index in [4.69, 9.17) is 5.11 Å². The summed E-state index contributed by atoms with van der Waals surface area (Å²) in [7, 11) is -4.13. The summed E-state index contributed by atoms with van der Waals surface area (Å²) in [6, 6.07) is 2.64. The van der Waals surface area contributed by atoms with Gasteiger partial charge in [0.2, 0.25) is 10.0 Å². The number of amides is 1. The van der Waals surface area contributed by atoms with Gasteiger partial charge in [-0.05, 0) is 31.2 Å². The molecule has 1 rings (SSSR count). The number of hydrogen-bond acceptors (Lipinski definition) is 4. The molecule has 0 aliphatic rings. The van der Waals surface area contributed by atoms with Crippen LogP contribution in [0.25, 0.3) is 0 Å². The largest absolute Gasteiger partial charge is 0.480 e. The molecule has 1 unspecified atom stereocenters. The molecular formula is C12H13F3N2O5S. The molecule has 11 heteroatoms. The number of halogens is 3. The minimum atomic E-state index is -4.56. The summed E-state index contributed by atoms with van der Waals surface area (Å²) in [5.41, 5.74) is -0.167. The Hall–Kier alpha value is -2.14. The van der Waals surface area contributed by atoms with E-state index in [2.05, 4.69) is 0 Å². The van der Waals surface area contributed by atoms with Crippen molar-refractivity contribution in [3.05, 3.63) is 29.8 Å². The first kappa shape index (κ1) is 18.9. The van der Waals surface area contributed by atoms with Gasteiger partial charge in [0, 0.05) is 5.56 Å². The summed E-state index contributed by atoms with van der Waals surface area (Å²) < 4.78 is 61.6. The van der Waals surface area contributed by atoms with Gasteiger partial charge in [-0.1, -0.05) is 0 Å². The van der Waals surface area contributed by atoms with Crippen LogP contribution in [0, 0.1) is 0 Å².